The number of imidazole rings is 1. The maximum atomic E-state index is 9.93. The van der Waals surface area contributed by atoms with E-state index < -0.39 is 12.3 Å². The van der Waals surface area contributed by atoms with E-state index in [1.54, 1.807) is 4.57 Å². The SMILES string of the molecule is Nc1ncnc2c1ncn2C1O[C@H](CO)C[C@H]1O. The van der Waals surface area contributed by atoms with Crippen LogP contribution in [0.15, 0.2) is 12.7 Å². The van der Waals surface area contributed by atoms with Crippen LogP contribution >= 0.6 is 0 Å². The Morgan fingerprint density at radius 3 is 3.00 bits per heavy atom. The monoisotopic (exact) mass is 251 g/mol. The van der Waals surface area contributed by atoms with E-state index in [9.17, 15) is 5.11 Å². The minimum absolute atomic E-state index is 0.128. The summed E-state index contributed by atoms with van der Waals surface area (Å²) >= 11 is 0. The first-order valence-electron chi connectivity index (χ1n) is 5.58. The number of fused-ring (bicyclic) bond motifs is 1. The highest BCUT2D eigenvalue weighted by Crippen LogP contribution is 2.31. The van der Waals surface area contributed by atoms with Gasteiger partial charge in [0.2, 0.25) is 0 Å². The summed E-state index contributed by atoms with van der Waals surface area (Å²) in [5, 5.41) is 19.0. The Kier molecular flexibility index (Phi) is 2.62. The van der Waals surface area contributed by atoms with Gasteiger partial charge in [0.15, 0.2) is 17.7 Å². The maximum Gasteiger partial charge on any atom is 0.167 e. The molecule has 0 bridgehead atoms. The second-order valence-electron chi connectivity index (χ2n) is 4.22. The Morgan fingerprint density at radius 1 is 1.44 bits per heavy atom. The Bertz CT molecular complexity index is 572. The molecule has 1 saturated heterocycles. The number of aliphatic hydroxyl groups is 2. The molecule has 2 aromatic heterocycles. The highest BCUT2D eigenvalue weighted by Gasteiger charge is 2.35. The highest BCUT2D eigenvalue weighted by molar-refractivity contribution is 5.81. The Hall–Kier alpha value is -1.77. The maximum absolute atomic E-state index is 9.93. The zero-order valence-electron chi connectivity index (χ0n) is 9.47. The van der Waals surface area contributed by atoms with E-state index >= 15 is 0 Å². The number of aliphatic hydroxyl groups excluding tert-OH is 2. The lowest BCUT2D eigenvalue weighted by Crippen LogP contribution is -2.19. The topological polar surface area (TPSA) is 119 Å². The number of ether oxygens (including phenoxy) is 1. The van der Waals surface area contributed by atoms with Gasteiger partial charge in [-0.3, -0.25) is 4.57 Å². The summed E-state index contributed by atoms with van der Waals surface area (Å²) in [6, 6.07) is 0. The summed E-state index contributed by atoms with van der Waals surface area (Å²) in [7, 11) is 0. The average Bonchev–Trinajstić information content (AvgIpc) is 2.93. The van der Waals surface area contributed by atoms with Crippen LogP contribution < -0.4 is 5.73 Å². The van der Waals surface area contributed by atoms with Crippen molar-refractivity contribution in [3.05, 3.63) is 12.7 Å². The van der Waals surface area contributed by atoms with Gasteiger partial charge in [0.1, 0.15) is 17.9 Å². The van der Waals surface area contributed by atoms with Gasteiger partial charge in [-0.1, -0.05) is 0 Å². The molecule has 2 aromatic rings. The number of nitrogens with zero attached hydrogens (tertiary/aromatic N) is 4. The number of aromatic nitrogens is 4. The van der Waals surface area contributed by atoms with Gasteiger partial charge >= 0.3 is 0 Å². The van der Waals surface area contributed by atoms with Gasteiger partial charge in [0.05, 0.1) is 19.0 Å². The summed E-state index contributed by atoms with van der Waals surface area (Å²) in [5.74, 6) is 0.282. The van der Waals surface area contributed by atoms with Gasteiger partial charge in [-0.25, -0.2) is 15.0 Å². The summed E-state index contributed by atoms with van der Waals surface area (Å²) < 4.78 is 7.14. The quantitative estimate of drug-likeness (QED) is 0.629. The van der Waals surface area contributed by atoms with Crippen molar-refractivity contribution < 1.29 is 14.9 Å². The Balaban J connectivity index is 2.02. The normalized spacial score (nSPS) is 28.0. The third-order valence-electron chi connectivity index (χ3n) is 3.03. The minimum atomic E-state index is -0.712. The molecule has 1 unspecified atom stereocenters. The van der Waals surface area contributed by atoms with E-state index in [-0.39, 0.29) is 18.5 Å². The van der Waals surface area contributed by atoms with Crippen LogP contribution in [0, 0.1) is 0 Å². The lowest BCUT2D eigenvalue weighted by atomic mass is 10.2. The second kappa shape index (κ2) is 4.16. The highest BCUT2D eigenvalue weighted by atomic mass is 16.5. The number of hydrogen-bond acceptors (Lipinski definition) is 7. The molecule has 8 nitrogen and oxygen atoms in total. The van der Waals surface area contributed by atoms with Crippen LogP contribution in [0.1, 0.15) is 12.6 Å². The molecule has 3 atom stereocenters. The molecule has 0 radical (unpaired) electrons. The fourth-order valence-electron chi connectivity index (χ4n) is 2.15. The standard InChI is InChI=1S/C10H13N5O3/c11-8-7-9(13-3-12-8)15(4-14-7)10-6(17)1-5(2-16)18-10/h3-6,10,16-17H,1-2H2,(H2,11,12,13)/t5-,6+,10?/m0/s1. The molecule has 1 aliphatic heterocycles. The summed E-state index contributed by atoms with van der Waals surface area (Å²) in [6.45, 7) is -0.128. The third-order valence-corrected chi connectivity index (χ3v) is 3.03. The lowest BCUT2D eigenvalue weighted by Gasteiger charge is -2.16. The van der Waals surface area contributed by atoms with Crippen molar-refractivity contribution >= 4 is 17.0 Å². The molecular formula is C10H13N5O3. The average molecular weight is 251 g/mol. The summed E-state index contributed by atoms with van der Waals surface area (Å²) in [6.07, 6.45) is 1.52. The molecule has 1 fully saturated rings. The first-order valence-corrected chi connectivity index (χ1v) is 5.58. The van der Waals surface area contributed by atoms with E-state index in [1.807, 2.05) is 0 Å². The number of rotatable bonds is 2. The predicted molar refractivity (Wildman–Crippen MR) is 61.4 cm³/mol. The number of hydrogen-bond donors (Lipinski definition) is 3. The van der Waals surface area contributed by atoms with Crippen LogP contribution in [0.2, 0.25) is 0 Å². The molecule has 96 valence electrons. The molecule has 0 spiro atoms. The first kappa shape index (κ1) is 11.3. The van der Waals surface area contributed by atoms with Crippen molar-refractivity contribution in [3.8, 4) is 0 Å². The minimum Gasteiger partial charge on any atom is -0.394 e. The van der Waals surface area contributed by atoms with Crippen molar-refractivity contribution in [2.45, 2.75) is 24.9 Å². The molecule has 0 amide bonds. The fraction of sp³-hybridized carbons (Fsp3) is 0.500. The van der Waals surface area contributed by atoms with Crippen LogP contribution in [0.4, 0.5) is 5.82 Å². The van der Waals surface area contributed by atoms with E-state index in [1.165, 1.54) is 12.7 Å². The van der Waals surface area contributed by atoms with Gasteiger partial charge in [-0.05, 0) is 0 Å². The number of nitrogens with two attached hydrogens (primary N) is 1. The lowest BCUT2D eigenvalue weighted by molar-refractivity contribution is -0.0486. The largest absolute Gasteiger partial charge is 0.394 e. The zero-order valence-corrected chi connectivity index (χ0v) is 9.47. The molecule has 0 aliphatic carbocycles. The van der Waals surface area contributed by atoms with Gasteiger partial charge in [-0.2, -0.15) is 0 Å². The fourth-order valence-corrected chi connectivity index (χ4v) is 2.15. The molecular weight excluding hydrogens is 238 g/mol. The number of anilines is 1. The van der Waals surface area contributed by atoms with Crippen molar-refractivity contribution in [3.63, 3.8) is 0 Å². The molecule has 3 heterocycles. The predicted octanol–water partition coefficient (Wildman–Crippen LogP) is -0.951. The van der Waals surface area contributed by atoms with Crippen molar-refractivity contribution in [2.75, 3.05) is 12.3 Å². The van der Waals surface area contributed by atoms with E-state index in [2.05, 4.69) is 15.0 Å². The second-order valence-corrected chi connectivity index (χ2v) is 4.22. The first-order chi connectivity index (χ1) is 8.70. The van der Waals surface area contributed by atoms with Crippen LogP contribution in [0.5, 0.6) is 0 Å². The molecule has 3 rings (SSSR count). The van der Waals surface area contributed by atoms with Crippen molar-refractivity contribution in [1.29, 1.82) is 0 Å². The van der Waals surface area contributed by atoms with Crippen LogP contribution in [0.25, 0.3) is 11.2 Å². The Labute approximate surface area is 102 Å². The smallest absolute Gasteiger partial charge is 0.167 e. The van der Waals surface area contributed by atoms with Crippen LogP contribution in [0.3, 0.4) is 0 Å². The molecule has 18 heavy (non-hydrogen) atoms. The molecule has 4 N–H and O–H groups in total. The van der Waals surface area contributed by atoms with Crippen LogP contribution in [-0.2, 0) is 4.74 Å². The van der Waals surface area contributed by atoms with E-state index in [4.69, 9.17) is 15.6 Å². The van der Waals surface area contributed by atoms with E-state index in [0.29, 0.717) is 17.6 Å². The Morgan fingerprint density at radius 2 is 2.28 bits per heavy atom. The van der Waals surface area contributed by atoms with Gasteiger partial charge < -0.3 is 20.7 Å². The summed E-state index contributed by atoms with van der Waals surface area (Å²) in [5.41, 5.74) is 6.66. The van der Waals surface area contributed by atoms with Gasteiger partial charge in [0.25, 0.3) is 0 Å². The van der Waals surface area contributed by atoms with Crippen molar-refractivity contribution in [1.82, 2.24) is 19.5 Å². The zero-order chi connectivity index (χ0) is 12.7. The van der Waals surface area contributed by atoms with Gasteiger partial charge in [-0.15, -0.1) is 0 Å². The molecule has 1 aliphatic rings. The van der Waals surface area contributed by atoms with Crippen LogP contribution in [-0.4, -0.2) is 48.5 Å². The van der Waals surface area contributed by atoms with E-state index in [0.717, 1.165) is 0 Å². The van der Waals surface area contributed by atoms with Gasteiger partial charge in [0, 0.05) is 6.42 Å². The van der Waals surface area contributed by atoms with Crippen molar-refractivity contribution in [2.24, 2.45) is 0 Å². The molecule has 0 saturated carbocycles. The molecule has 8 heteroatoms. The third kappa shape index (κ3) is 1.62. The molecule has 0 aromatic carbocycles. The number of nitrogen functional groups attached to an aromatic ring is 1. The summed E-state index contributed by atoms with van der Waals surface area (Å²) in [4.78, 5) is 12.0.